The molecule has 0 heterocycles. The first kappa shape index (κ1) is 6.22. The predicted molar refractivity (Wildman–Crippen MR) is 20.7 cm³/mol. The molecule has 0 aliphatic heterocycles. The number of azide groups is 1. The molecule has 0 aromatic carbocycles. The topological polar surface area (TPSA) is 103 Å². The Hall–Kier alpha value is -0.780. The van der Waals surface area contributed by atoms with Crippen LogP contribution in [0.1, 0.15) is 0 Å². The van der Waals surface area contributed by atoms with Gasteiger partial charge in [0.2, 0.25) is 0 Å². The molecule has 6 nitrogen and oxygen atoms in total. The molecule has 7 heteroatoms. The summed E-state index contributed by atoms with van der Waals surface area (Å²) in [4.78, 5) is 1.79. The van der Waals surface area contributed by atoms with E-state index in [1.807, 2.05) is 4.52 Å². The van der Waals surface area contributed by atoms with Crippen molar-refractivity contribution in [2.45, 2.75) is 0 Å². The van der Waals surface area contributed by atoms with Crippen molar-refractivity contribution in [1.29, 1.82) is 0 Å². The molecule has 0 aliphatic rings. The van der Waals surface area contributed by atoms with Crippen LogP contribution in [0.2, 0.25) is 0 Å². The largest absolute Gasteiger partial charge is 0.356 e. The Bertz CT molecular complexity index is 182. The van der Waals surface area contributed by atoms with Gasteiger partial charge in [-0.15, -0.1) is 0 Å². The van der Waals surface area contributed by atoms with Crippen molar-refractivity contribution in [3.05, 3.63) is 10.4 Å². The van der Waals surface area contributed by atoms with Gasteiger partial charge in [0.05, 0.1) is 4.52 Å². The third-order valence-corrected chi connectivity index (χ3v) is 0.419. The first-order valence-corrected chi connectivity index (χ1v) is 2.50. The second-order valence-corrected chi connectivity index (χ2v) is 1.68. The third kappa shape index (κ3) is 5.22. The van der Waals surface area contributed by atoms with Crippen molar-refractivity contribution in [3.8, 4) is 0 Å². The van der Waals surface area contributed by atoms with Gasteiger partial charge < -0.3 is 0 Å². The summed E-state index contributed by atoms with van der Waals surface area (Å²) in [6, 6.07) is 0. The van der Waals surface area contributed by atoms with Gasteiger partial charge in [-0.2, -0.15) is 8.42 Å². The van der Waals surface area contributed by atoms with E-state index in [-0.39, 0.29) is 0 Å². The highest BCUT2D eigenvalue weighted by atomic mass is 32.2. The molecule has 0 saturated heterocycles. The second-order valence-electron chi connectivity index (χ2n) is 0.619. The van der Waals surface area contributed by atoms with Gasteiger partial charge in [-0.3, -0.25) is 4.55 Å². The van der Waals surface area contributed by atoms with Crippen LogP contribution in [0.15, 0.2) is 4.52 Å². The van der Waals surface area contributed by atoms with E-state index in [0.29, 0.717) is 0 Å². The molecule has 0 aromatic heterocycles. The fraction of sp³-hybridized carbons (Fsp3) is 0. The van der Waals surface area contributed by atoms with E-state index < -0.39 is 10.3 Å². The average molecular weight is 123 g/mol. The van der Waals surface area contributed by atoms with Crippen LogP contribution in [-0.2, 0) is 10.3 Å². The van der Waals surface area contributed by atoms with Gasteiger partial charge in [-0.25, -0.2) is 0 Å². The number of hydrogen-bond acceptors (Lipinski definition) is 2. The lowest BCUT2D eigenvalue weighted by Crippen LogP contribution is -1.86. The van der Waals surface area contributed by atoms with Crippen LogP contribution in [0.25, 0.3) is 10.4 Å². The predicted octanol–water partition coefficient (Wildman–Crippen LogP) is 0.0995. The lowest BCUT2D eigenvalue weighted by Gasteiger charge is -1.71. The van der Waals surface area contributed by atoms with E-state index in [2.05, 4.69) is 0 Å². The maximum Gasteiger partial charge on any atom is 0.356 e. The number of rotatable bonds is 1. The molecule has 0 unspecified atom stereocenters. The second kappa shape index (κ2) is 1.78. The summed E-state index contributed by atoms with van der Waals surface area (Å²) in [6.45, 7) is 0. The molecule has 0 aliphatic carbocycles. The van der Waals surface area contributed by atoms with Crippen LogP contribution < -0.4 is 0 Å². The number of nitrogens with zero attached hydrogens (tertiary/aromatic N) is 3. The van der Waals surface area contributed by atoms with Crippen LogP contribution in [0.4, 0.5) is 0 Å². The van der Waals surface area contributed by atoms with E-state index >= 15 is 0 Å². The molecule has 0 radical (unpaired) electrons. The summed E-state index contributed by atoms with van der Waals surface area (Å²) in [6.07, 6.45) is 0. The summed E-state index contributed by atoms with van der Waals surface area (Å²) in [5.41, 5.74) is 7.32. The first-order chi connectivity index (χ1) is 3.06. The summed E-state index contributed by atoms with van der Waals surface area (Å²) < 4.78 is 28.3. The molecule has 0 bridgehead atoms. The Balaban J connectivity index is 4.44. The average Bonchev–Trinajstić information content (AvgIpc) is 1.30. The van der Waals surface area contributed by atoms with Gasteiger partial charge in [0, 0.05) is 4.91 Å². The number of hydrogen-bond donors (Lipinski definition) is 1. The minimum absolute atomic E-state index is 1.79. The fourth-order valence-electron chi connectivity index (χ4n) is 0.0461. The van der Waals surface area contributed by atoms with Crippen LogP contribution in [0, 0.1) is 0 Å². The van der Waals surface area contributed by atoms with Crippen LogP contribution in [0.5, 0.6) is 0 Å². The maximum absolute atomic E-state index is 9.37. The highest BCUT2D eigenvalue weighted by Gasteiger charge is 1.92. The molecular formula is HN3O3S. The molecule has 0 atom stereocenters. The minimum Gasteiger partial charge on any atom is -0.279 e. The summed E-state index contributed by atoms with van der Waals surface area (Å²) >= 11 is 0. The van der Waals surface area contributed by atoms with Crippen molar-refractivity contribution in [2.24, 2.45) is 4.52 Å². The van der Waals surface area contributed by atoms with Crippen molar-refractivity contribution >= 4 is 10.3 Å². The van der Waals surface area contributed by atoms with Crippen LogP contribution >= 0.6 is 0 Å². The van der Waals surface area contributed by atoms with Gasteiger partial charge in [-0.05, 0) is 5.53 Å². The molecule has 0 fully saturated rings. The zero-order valence-corrected chi connectivity index (χ0v) is 3.83. The smallest absolute Gasteiger partial charge is 0.279 e. The highest BCUT2D eigenvalue weighted by Crippen LogP contribution is 1.80. The Morgan fingerprint density at radius 1 is 1.71 bits per heavy atom. The summed E-state index contributed by atoms with van der Waals surface area (Å²) in [7, 11) is -4.47. The van der Waals surface area contributed by atoms with Crippen LogP contribution in [0.3, 0.4) is 0 Å². The molecule has 0 saturated carbocycles. The van der Waals surface area contributed by atoms with Gasteiger partial charge >= 0.3 is 10.3 Å². The van der Waals surface area contributed by atoms with Gasteiger partial charge in [-0.1, -0.05) is 0 Å². The van der Waals surface area contributed by atoms with Crippen LogP contribution in [-0.4, -0.2) is 13.0 Å². The Morgan fingerprint density at radius 2 is 2.14 bits per heavy atom. The molecule has 0 aromatic rings. The van der Waals surface area contributed by atoms with Gasteiger partial charge in [0.25, 0.3) is 0 Å². The minimum atomic E-state index is -4.47. The molecule has 0 spiro atoms. The molecule has 0 amide bonds. The fourth-order valence-corrected chi connectivity index (χ4v) is 0.138. The summed E-state index contributed by atoms with van der Waals surface area (Å²) in [5, 5.41) is 0. The van der Waals surface area contributed by atoms with Gasteiger partial charge in [0.1, 0.15) is 0 Å². The summed E-state index contributed by atoms with van der Waals surface area (Å²) in [5.74, 6) is 0. The van der Waals surface area contributed by atoms with E-state index in [1.165, 1.54) is 0 Å². The Morgan fingerprint density at radius 3 is 2.14 bits per heavy atom. The Kier molecular flexibility index (Phi) is 1.58. The zero-order valence-electron chi connectivity index (χ0n) is 3.01. The highest BCUT2D eigenvalue weighted by molar-refractivity contribution is 7.84. The van der Waals surface area contributed by atoms with E-state index in [9.17, 15) is 8.42 Å². The molecule has 40 valence electrons. The lowest BCUT2D eigenvalue weighted by atomic mass is 13.0. The molecule has 0 rings (SSSR count). The van der Waals surface area contributed by atoms with Crippen molar-refractivity contribution in [2.75, 3.05) is 0 Å². The standard InChI is InChI=1S/HN3O3S/c1-2-3-7(4,5)6/h(H,4,5,6). The zero-order chi connectivity index (χ0) is 5.91. The normalized spacial score (nSPS) is 9.86. The molecule has 7 heavy (non-hydrogen) atoms. The van der Waals surface area contributed by atoms with Crippen molar-refractivity contribution < 1.29 is 13.0 Å². The molecule has 1 N–H and O–H groups in total. The first-order valence-electron chi connectivity index (χ1n) is 1.10. The Labute approximate surface area is 39.3 Å². The lowest BCUT2D eigenvalue weighted by molar-refractivity contribution is 0.484. The maximum atomic E-state index is 9.37. The van der Waals surface area contributed by atoms with E-state index in [1.54, 1.807) is 4.91 Å². The van der Waals surface area contributed by atoms with Crippen molar-refractivity contribution in [1.82, 2.24) is 0 Å². The van der Waals surface area contributed by atoms with Crippen molar-refractivity contribution in [3.63, 3.8) is 0 Å². The SMILES string of the molecule is [N-]=[N+]=NS(=O)(=O)O. The van der Waals surface area contributed by atoms with E-state index in [4.69, 9.17) is 10.1 Å². The quantitative estimate of drug-likeness (QED) is 0.231. The van der Waals surface area contributed by atoms with Gasteiger partial charge in [0.15, 0.2) is 0 Å². The van der Waals surface area contributed by atoms with E-state index in [0.717, 1.165) is 0 Å². The molecular weight excluding hydrogens is 122 g/mol. The monoisotopic (exact) mass is 123 g/mol. The third-order valence-electron chi connectivity index (χ3n) is 0.140.